The number of anilines is 1. The minimum atomic E-state index is -0.0473. The number of nitrogens with one attached hydrogen (secondary N) is 1. The van der Waals surface area contributed by atoms with Gasteiger partial charge in [-0.1, -0.05) is 74.2 Å². The van der Waals surface area contributed by atoms with Crippen LogP contribution in [0.15, 0.2) is 58.3 Å². The monoisotopic (exact) mass is 420 g/mol. The number of carbonyl (C=O) groups excluding carboxylic acids is 2. The molecule has 156 valence electrons. The van der Waals surface area contributed by atoms with Gasteiger partial charge < -0.3 is 10.2 Å². The van der Waals surface area contributed by atoms with Gasteiger partial charge in [0, 0.05) is 23.5 Å². The lowest BCUT2D eigenvalue weighted by molar-refractivity contribution is -0.114. The molecule has 1 saturated carbocycles. The number of rotatable bonds is 3. The minimum absolute atomic E-state index is 0.0418. The molecule has 0 atom stereocenters. The second kappa shape index (κ2) is 9.52. The van der Waals surface area contributed by atoms with Crippen molar-refractivity contribution < 1.29 is 9.59 Å². The number of fused-ring (bicyclic) bond motifs is 1. The smallest absolute Gasteiger partial charge is 0.264 e. The van der Waals surface area contributed by atoms with Crippen LogP contribution in [0.4, 0.5) is 5.69 Å². The molecule has 0 bridgehead atoms. The Bertz CT molecular complexity index is 947. The fourth-order valence-corrected chi connectivity index (χ4v) is 5.20. The third-order valence-electron chi connectivity index (χ3n) is 5.86. The predicted molar refractivity (Wildman–Crippen MR) is 124 cm³/mol. The van der Waals surface area contributed by atoms with Gasteiger partial charge in [0.25, 0.3) is 11.8 Å². The maximum atomic E-state index is 12.9. The maximum Gasteiger partial charge on any atom is 0.264 e. The molecule has 5 heteroatoms. The van der Waals surface area contributed by atoms with E-state index in [1.165, 1.54) is 43.9 Å². The molecule has 2 aliphatic rings. The second-order valence-electron chi connectivity index (χ2n) is 8.08. The fraction of sp³-hybridized carbons (Fsp3) is 0.360. The van der Waals surface area contributed by atoms with Gasteiger partial charge in [0.15, 0.2) is 0 Å². The van der Waals surface area contributed by atoms with Gasteiger partial charge in [0.2, 0.25) is 0 Å². The van der Waals surface area contributed by atoms with Crippen LogP contribution in [0.5, 0.6) is 0 Å². The molecule has 0 aromatic heterocycles. The Morgan fingerprint density at radius 3 is 2.47 bits per heavy atom. The highest BCUT2D eigenvalue weighted by Crippen LogP contribution is 2.42. The van der Waals surface area contributed by atoms with Crippen molar-refractivity contribution >= 4 is 35.3 Å². The van der Waals surface area contributed by atoms with Crippen LogP contribution in [-0.2, 0) is 4.79 Å². The van der Waals surface area contributed by atoms with Crippen LogP contribution >= 0.6 is 11.8 Å². The number of amides is 2. The van der Waals surface area contributed by atoms with Crippen molar-refractivity contribution in [2.45, 2.75) is 55.9 Å². The predicted octanol–water partition coefficient (Wildman–Crippen LogP) is 5.64. The van der Waals surface area contributed by atoms with E-state index in [-0.39, 0.29) is 17.9 Å². The van der Waals surface area contributed by atoms with Crippen LogP contribution in [0.3, 0.4) is 0 Å². The Balaban J connectivity index is 1.51. The molecule has 1 aliphatic heterocycles. The summed E-state index contributed by atoms with van der Waals surface area (Å²) in [5.74, 6) is -0.0891. The Morgan fingerprint density at radius 1 is 1.03 bits per heavy atom. The summed E-state index contributed by atoms with van der Waals surface area (Å²) in [5, 5.41) is 3.22. The molecule has 2 aromatic rings. The van der Waals surface area contributed by atoms with E-state index in [2.05, 4.69) is 5.32 Å². The minimum Gasteiger partial charge on any atom is -0.349 e. The number of benzene rings is 2. The first-order chi connectivity index (χ1) is 14.6. The van der Waals surface area contributed by atoms with Gasteiger partial charge in [-0.25, -0.2) is 0 Å². The van der Waals surface area contributed by atoms with E-state index in [9.17, 15) is 9.59 Å². The van der Waals surface area contributed by atoms with Crippen LogP contribution in [0.1, 0.15) is 60.9 Å². The van der Waals surface area contributed by atoms with E-state index >= 15 is 0 Å². The van der Waals surface area contributed by atoms with Gasteiger partial charge in [-0.3, -0.25) is 9.59 Å². The van der Waals surface area contributed by atoms with Crippen molar-refractivity contribution in [1.82, 2.24) is 5.32 Å². The van der Waals surface area contributed by atoms with Gasteiger partial charge in [-0.15, -0.1) is 0 Å². The molecule has 1 aliphatic carbocycles. The molecule has 0 unspecified atom stereocenters. The summed E-state index contributed by atoms with van der Waals surface area (Å²) in [5.41, 5.74) is 2.41. The molecule has 30 heavy (non-hydrogen) atoms. The molecule has 0 saturated heterocycles. The number of hydrogen-bond acceptors (Lipinski definition) is 3. The summed E-state index contributed by atoms with van der Waals surface area (Å²) in [4.78, 5) is 29.1. The molecule has 0 radical (unpaired) electrons. The van der Waals surface area contributed by atoms with Gasteiger partial charge >= 0.3 is 0 Å². The molecule has 2 amide bonds. The zero-order valence-corrected chi connectivity index (χ0v) is 18.2. The lowest BCUT2D eigenvalue weighted by Crippen LogP contribution is -2.35. The van der Waals surface area contributed by atoms with Gasteiger partial charge in [-0.05, 0) is 42.7 Å². The standard InChI is InChI=1S/C25H28N2O2S/c1-27-21-17-19(24(28)26-20-12-8-3-2-4-9-13-20)14-15-22(21)30-23(25(27)29)16-18-10-6-5-7-11-18/h5-7,10-11,14-17,20H,2-4,8-9,12-13H2,1H3,(H,26,28)/b23-16+. The highest BCUT2D eigenvalue weighted by atomic mass is 32.2. The summed E-state index contributed by atoms with van der Waals surface area (Å²) in [6.07, 6.45) is 10.2. The quantitative estimate of drug-likeness (QED) is 0.654. The fourth-order valence-electron chi connectivity index (χ4n) is 4.10. The number of carbonyl (C=O) groups is 2. The van der Waals surface area contributed by atoms with Gasteiger partial charge in [0.1, 0.15) is 0 Å². The van der Waals surface area contributed by atoms with E-state index in [1.807, 2.05) is 54.6 Å². The number of likely N-dealkylation sites (N-methyl/N-ethyl adjacent to an activating group) is 1. The van der Waals surface area contributed by atoms with Crippen LogP contribution in [0.25, 0.3) is 6.08 Å². The summed E-state index contributed by atoms with van der Waals surface area (Å²) in [7, 11) is 1.77. The first kappa shape index (κ1) is 20.7. The molecule has 4 nitrogen and oxygen atoms in total. The third kappa shape index (κ3) is 4.78. The number of thioether (sulfide) groups is 1. The zero-order chi connectivity index (χ0) is 20.9. The second-order valence-corrected chi connectivity index (χ2v) is 9.17. The Hall–Kier alpha value is -2.53. The Morgan fingerprint density at radius 2 is 1.73 bits per heavy atom. The first-order valence-corrected chi connectivity index (χ1v) is 11.6. The lowest BCUT2D eigenvalue weighted by atomic mass is 9.96. The van der Waals surface area contributed by atoms with E-state index in [0.29, 0.717) is 10.5 Å². The molecule has 1 N–H and O–H groups in total. The van der Waals surface area contributed by atoms with Crippen LogP contribution < -0.4 is 10.2 Å². The maximum absolute atomic E-state index is 12.9. The van der Waals surface area contributed by atoms with Crippen molar-refractivity contribution in [3.63, 3.8) is 0 Å². The topological polar surface area (TPSA) is 49.4 Å². The summed E-state index contributed by atoms with van der Waals surface area (Å²) in [6, 6.07) is 15.8. The molecular formula is C25H28N2O2S. The lowest BCUT2D eigenvalue weighted by Gasteiger charge is -2.27. The van der Waals surface area contributed by atoms with Gasteiger partial charge in [0.05, 0.1) is 10.6 Å². The van der Waals surface area contributed by atoms with Crippen molar-refractivity contribution in [1.29, 1.82) is 0 Å². The number of hydrogen-bond donors (Lipinski definition) is 1. The Labute approximate surface area is 182 Å². The van der Waals surface area contributed by atoms with Crippen LogP contribution in [0.2, 0.25) is 0 Å². The van der Waals surface area contributed by atoms with E-state index < -0.39 is 0 Å². The average molecular weight is 421 g/mol. The third-order valence-corrected chi connectivity index (χ3v) is 6.93. The van der Waals surface area contributed by atoms with Gasteiger partial charge in [-0.2, -0.15) is 0 Å². The SMILES string of the molecule is CN1C(=O)/C(=C\c2ccccc2)Sc2ccc(C(=O)NC3CCCCCCC3)cc21. The van der Waals surface area contributed by atoms with E-state index in [4.69, 9.17) is 0 Å². The largest absolute Gasteiger partial charge is 0.349 e. The molecule has 0 spiro atoms. The molecular weight excluding hydrogens is 392 g/mol. The van der Waals surface area contributed by atoms with Crippen molar-refractivity contribution in [2.24, 2.45) is 0 Å². The molecule has 2 aromatic carbocycles. The Kier molecular flexibility index (Phi) is 6.58. The highest BCUT2D eigenvalue weighted by molar-refractivity contribution is 8.04. The first-order valence-electron chi connectivity index (χ1n) is 10.8. The molecule has 1 heterocycles. The summed E-state index contributed by atoms with van der Waals surface area (Å²) >= 11 is 1.46. The highest BCUT2D eigenvalue weighted by Gasteiger charge is 2.27. The average Bonchev–Trinajstić information content (AvgIpc) is 2.74. The number of nitrogens with zero attached hydrogens (tertiary/aromatic N) is 1. The van der Waals surface area contributed by atoms with Crippen molar-refractivity contribution in [2.75, 3.05) is 11.9 Å². The van der Waals surface area contributed by atoms with Crippen LogP contribution in [-0.4, -0.2) is 24.9 Å². The van der Waals surface area contributed by atoms with Crippen LogP contribution in [0, 0.1) is 0 Å². The van der Waals surface area contributed by atoms with Crippen molar-refractivity contribution in [3.8, 4) is 0 Å². The summed E-state index contributed by atoms with van der Waals surface area (Å²) in [6.45, 7) is 0. The molecule has 4 rings (SSSR count). The van der Waals surface area contributed by atoms with Crippen molar-refractivity contribution in [3.05, 3.63) is 64.6 Å². The zero-order valence-electron chi connectivity index (χ0n) is 17.4. The normalized spacial score (nSPS) is 19.2. The molecule has 1 fully saturated rings. The summed E-state index contributed by atoms with van der Waals surface area (Å²) < 4.78 is 0. The van der Waals surface area contributed by atoms with E-state index in [1.54, 1.807) is 11.9 Å². The van der Waals surface area contributed by atoms with E-state index in [0.717, 1.165) is 29.0 Å².